The van der Waals surface area contributed by atoms with Crippen LogP contribution in [-0.2, 0) is 15.1 Å². The monoisotopic (exact) mass is 627 g/mol. The second-order valence-electron chi connectivity index (χ2n) is 11.4. The molecule has 1 N–H and O–H groups in total. The Hall–Kier alpha value is -2.77. The van der Waals surface area contributed by atoms with E-state index >= 15 is 0 Å². The second-order valence-corrected chi connectivity index (χ2v) is 12.7. The Morgan fingerprint density at radius 1 is 0.952 bits per heavy atom. The lowest BCUT2D eigenvalue weighted by Gasteiger charge is -2.42. The zero-order chi connectivity index (χ0) is 29.9. The van der Waals surface area contributed by atoms with Crippen LogP contribution in [0, 0.1) is 5.92 Å². The number of nitrogens with zero attached hydrogens (tertiary/aromatic N) is 2. The number of hydrogen-bond donors (Lipinski definition) is 1. The van der Waals surface area contributed by atoms with Gasteiger partial charge in [0, 0.05) is 50.0 Å². The Bertz CT molecular complexity index is 1390. The molecule has 2 saturated heterocycles. The number of carbonyl (C=O) groups is 2. The summed E-state index contributed by atoms with van der Waals surface area (Å²) in [7, 11) is 0. The highest BCUT2D eigenvalue weighted by atomic mass is 35.5. The molecule has 0 aromatic heterocycles. The minimum absolute atomic E-state index is 0.0397. The molecule has 0 aliphatic carbocycles. The number of carbonyl (C=O) groups excluding carboxylic acids is 2. The van der Waals surface area contributed by atoms with Gasteiger partial charge in [0.1, 0.15) is 11.9 Å². The van der Waals surface area contributed by atoms with Crippen LogP contribution >= 0.6 is 34.8 Å². The molecule has 2 heterocycles. The Balaban J connectivity index is 1.28. The zero-order valence-corrected chi connectivity index (χ0v) is 26.1. The molecule has 2 amide bonds. The van der Waals surface area contributed by atoms with Gasteiger partial charge < -0.3 is 15.0 Å². The molecule has 5 rings (SSSR count). The van der Waals surface area contributed by atoms with Gasteiger partial charge in [0.2, 0.25) is 11.8 Å². The van der Waals surface area contributed by atoms with Gasteiger partial charge in [-0.1, -0.05) is 71.2 Å². The topological polar surface area (TPSA) is 61.9 Å². The van der Waals surface area contributed by atoms with Crippen molar-refractivity contribution in [1.82, 2.24) is 15.1 Å². The third kappa shape index (κ3) is 7.05. The molecule has 0 spiro atoms. The first kappa shape index (κ1) is 30.7. The molecule has 3 atom stereocenters. The molecule has 2 aliphatic heterocycles. The van der Waals surface area contributed by atoms with Crippen molar-refractivity contribution in [2.24, 2.45) is 5.92 Å². The average Bonchev–Trinajstić information content (AvgIpc) is 3.43. The number of hydrogen-bond acceptors (Lipinski definition) is 4. The first-order valence-electron chi connectivity index (χ1n) is 14.3. The number of nitrogens with one attached hydrogen (secondary N) is 1. The number of piperidine rings is 1. The molecule has 222 valence electrons. The molecular weight excluding hydrogens is 593 g/mol. The average molecular weight is 629 g/mol. The lowest BCUT2D eigenvalue weighted by molar-refractivity contribution is -0.132. The van der Waals surface area contributed by atoms with Gasteiger partial charge in [-0.25, -0.2) is 0 Å². The van der Waals surface area contributed by atoms with Crippen molar-refractivity contribution in [3.63, 3.8) is 0 Å². The fourth-order valence-electron chi connectivity index (χ4n) is 6.38. The van der Waals surface area contributed by atoms with Gasteiger partial charge in [-0.3, -0.25) is 14.5 Å². The highest BCUT2D eigenvalue weighted by molar-refractivity contribution is 6.42. The van der Waals surface area contributed by atoms with Crippen LogP contribution in [0.1, 0.15) is 43.7 Å². The fourth-order valence-corrected chi connectivity index (χ4v) is 6.82. The molecule has 3 unspecified atom stereocenters. The van der Waals surface area contributed by atoms with Gasteiger partial charge in [-0.15, -0.1) is 0 Å². The molecular formula is C33H36Cl3N3O3. The van der Waals surface area contributed by atoms with Gasteiger partial charge in [0.05, 0.1) is 22.1 Å². The minimum atomic E-state index is -0.418. The van der Waals surface area contributed by atoms with Crippen molar-refractivity contribution in [3.05, 3.63) is 99.0 Å². The predicted molar refractivity (Wildman–Crippen MR) is 168 cm³/mol. The maximum Gasteiger partial charge on any atom is 0.236 e. The van der Waals surface area contributed by atoms with Crippen LogP contribution in [-0.4, -0.2) is 60.4 Å². The number of amides is 2. The van der Waals surface area contributed by atoms with Crippen molar-refractivity contribution in [2.75, 3.05) is 32.7 Å². The number of rotatable bonds is 8. The Morgan fingerprint density at radius 3 is 2.29 bits per heavy atom. The van der Waals surface area contributed by atoms with Crippen LogP contribution in [0.25, 0.3) is 0 Å². The lowest BCUT2D eigenvalue weighted by atomic mass is 9.80. The summed E-state index contributed by atoms with van der Waals surface area (Å²) >= 11 is 18.7. The van der Waals surface area contributed by atoms with E-state index in [2.05, 4.69) is 22.3 Å². The first-order valence-corrected chi connectivity index (χ1v) is 15.5. The maximum absolute atomic E-state index is 13.7. The van der Waals surface area contributed by atoms with Crippen molar-refractivity contribution in [1.29, 1.82) is 0 Å². The largest absolute Gasteiger partial charge is 0.490 e. The van der Waals surface area contributed by atoms with Gasteiger partial charge in [0.25, 0.3) is 0 Å². The van der Waals surface area contributed by atoms with Crippen LogP contribution in [0.5, 0.6) is 5.75 Å². The third-order valence-corrected chi connectivity index (χ3v) is 9.63. The van der Waals surface area contributed by atoms with Crippen LogP contribution in [0.4, 0.5) is 0 Å². The van der Waals surface area contributed by atoms with Gasteiger partial charge in [-0.05, 0) is 67.3 Å². The zero-order valence-electron chi connectivity index (χ0n) is 23.9. The molecule has 6 nitrogen and oxygen atoms in total. The molecule has 2 fully saturated rings. The second kappa shape index (κ2) is 13.3. The summed E-state index contributed by atoms with van der Waals surface area (Å²) in [5.41, 5.74) is 1.73. The number of likely N-dealkylation sites (tertiary alicyclic amines) is 2. The lowest BCUT2D eigenvalue weighted by Crippen LogP contribution is -2.54. The highest BCUT2D eigenvalue weighted by Crippen LogP contribution is 2.39. The summed E-state index contributed by atoms with van der Waals surface area (Å²) in [6.45, 7) is 6.52. The van der Waals surface area contributed by atoms with E-state index in [1.807, 2.05) is 72.5 Å². The highest BCUT2D eigenvalue weighted by Gasteiger charge is 2.42. The van der Waals surface area contributed by atoms with Gasteiger partial charge >= 0.3 is 0 Å². The summed E-state index contributed by atoms with van der Waals surface area (Å²) in [5.74, 6) is 0.869. The van der Waals surface area contributed by atoms with E-state index < -0.39 is 5.54 Å². The molecule has 9 heteroatoms. The SMILES string of the molecule is CC(=O)NC1(c2ccccc2)CCN(CC(=O)N2CC(c3ccc(Cl)c(Cl)c3)C(C(C)Oc3ccc(Cl)cc3)C2)CC1. The smallest absolute Gasteiger partial charge is 0.236 e. The summed E-state index contributed by atoms with van der Waals surface area (Å²) in [4.78, 5) is 30.0. The van der Waals surface area contributed by atoms with Crippen molar-refractivity contribution in [2.45, 2.75) is 44.2 Å². The maximum atomic E-state index is 13.7. The molecule has 42 heavy (non-hydrogen) atoms. The van der Waals surface area contributed by atoms with Crippen molar-refractivity contribution in [3.8, 4) is 5.75 Å². The van der Waals surface area contributed by atoms with Crippen LogP contribution < -0.4 is 10.1 Å². The Morgan fingerprint density at radius 2 is 1.64 bits per heavy atom. The van der Waals surface area contributed by atoms with Crippen LogP contribution in [0.2, 0.25) is 15.1 Å². The van der Waals surface area contributed by atoms with E-state index in [0.29, 0.717) is 47.8 Å². The first-order chi connectivity index (χ1) is 20.1. The molecule has 3 aromatic rings. The van der Waals surface area contributed by atoms with E-state index in [1.54, 1.807) is 6.92 Å². The number of halogens is 3. The van der Waals surface area contributed by atoms with Crippen LogP contribution in [0.15, 0.2) is 72.8 Å². The Kier molecular flexibility index (Phi) is 9.68. The fraction of sp³-hybridized carbons (Fsp3) is 0.394. The predicted octanol–water partition coefficient (Wildman–Crippen LogP) is 6.78. The van der Waals surface area contributed by atoms with Crippen molar-refractivity contribution >= 4 is 46.6 Å². The molecule has 3 aromatic carbocycles. The minimum Gasteiger partial charge on any atom is -0.490 e. The van der Waals surface area contributed by atoms with E-state index in [1.165, 1.54) is 0 Å². The molecule has 0 radical (unpaired) electrons. The van der Waals surface area contributed by atoms with E-state index in [9.17, 15) is 9.59 Å². The summed E-state index contributed by atoms with van der Waals surface area (Å²) in [5, 5.41) is 4.86. The van der Waals surface area contributed by atoms with E-state index in [4.69, 9.17) is 39.5 Å². The van der Waals surface area contributed by atoms with Crippen LogP contribution in [0.3, 0.4) is 0 Å². The molecule has 0 bridgehead atoms. The third-order valence-electron chi connectivity index (χ3n) is 8.64. The molecule has 2 aliphatic rings. The normalized spacial score (nSPS) is 21.1. The summed E-state index contributed by atoms with van der Waals surface area (Å²) in [6, 6.07) is 23.2. The summed E-state index contributed by atoms with van der Waals surface area (Å²) in [6.07, 6.45) is 1.32. The standard InChI is InChI=1S/C33H36Cl3N3O3/c1-22(42-27-11-9-26(34)10-12-27)28-19-39(20-29(28)24-8-13-30(35)31(36)18-24)32(41)21-38-16-14-33(15-17-38,37-23(2)40)25-6-4-3-5-7-25/h3-13,18,22,28-29H,14-17,19-21H2,1-2H3,(H,37,40). The number of benzene rings is 3. The van der Waals surface area contributed by atoms with Gasteiger partial charge in [-0.2, -0.15) is 0 Å². The van der Waals surface area contributed by atoms with Gasteiger partial charge in [0.15, 0.2) is 0 Å². The van der Waals surface area contributed by atoms with E-state index in [0.717, 1.165) is 29.7 Å². The number of ether oxygens (including phenoxy) is 1. The van der Waals surface area contributed by atoms with E-state index in [-0.39, 0.29) is 29.8 Å². The Labute approximate surface area is 262 Å². The quantitative estimate of drug-likeness (QED) is 0.299. The molecule has 0 saturated carbocycles. The van der Waals surface area contributed by atoms with Crippen molar-refractivity contribution < 1.29 is 14.3 Å². The summed E-state index contributed by atoms with van der Waals surface area (Å²) < 4.78 is 6.33.